The molecule has 0 spiro atoms. The maximum atomic E-state index is 10.9. The summed E-state index contributed by atoms with van der Waals surface area (Å²) < 4.78 is 10.2. The van der Waals surface area contributed by atoms with E-state index in [1.807, 2.05) is 0 Å². The zero-order valence-electron chi connectivity index (χ0n) is 10.5. The van der Waals surface area contributed by atoms with Gasteiger partial charge in [-0.15, -0.1) is 12.4 Å². The Morgan fingerprint density at radius 3 is 2.56 bits per heavy atom. The number of carbonyl (C=O) groups excluding carboxylic acids is 1. The number of rotatable bonds is 5. The summed E-state index contributed by atoms with van der Waals surface area (Å²) in [7, 11) is 1.51. The van der Waals surface area contributed by atoms with Gasteiger partial charge in [-0.3, -0.25) is 4.79 Å². The van der Waals surface area contributed by atoms with Gasteiger partial charge in [0.15, 0.2) is 11.5 Å². The summed E-state index contributed by atoms with van der Waals surface area (Å²) >= 11 is 0. The van der Waals surface area contributed by atoms with Crippen LogP contribution in [0.15, 0.2) is 18.2 Å². The standard InChI is InChI=1S/C12H18N2O3.ClH/c1-8(15)17-11-4-3-9(7-12(11)16-2)10(14)5-6-13;/h3-4,7,10H,5-6,13-14H2,1-2H3;1H/t10-;/m0./s1. The molecule has 0 aliphatic heterocycles. The largest absolute Gasteiger partial charge is 0.493 e. The van der Waals surface area contributed by atoms with Gasteiger partial charge in [-0.05, 0) is 30.7 Å². The first-order valence-corrected chi connectivity index (χ1v) is 5.40. The molecule has 0 unspecified atom stereocenters. The van der Waals surface area contributed by atoms with Gasteiger partial charge < -0.3 is 20.9 Å². The van der Waals surface area contributed by atoms with Crippen LogP contribution in [-0.4, -0.2) is 19.6 Å². The predicted molar refractivity (Wildman–Crippen MR) is 72.2 cm³/mol. The number of benzene rings is 1. The zero-order valence-corrected chi connectivity index (χ0v) is 11.3. The number of nitrogens with two attached hydrogens (primary N) is 2. The number of hydrogen-bond donors (Lipinski definition) is 2. The van der Waals surface area contributed by atoms with E-state index in [0.717, 1.165) is 5.56 Å². The van der Waals surface area contributed by atoms with Crippen molar-refractivity contribution in [2.75, 3.05) is 13.7 Å². The lowest BCUT2D eigenvalue weighted by Gasteiger charge is -2.14. The summed E-state index contributed by atoms with van der Waals surface area (Å²) in [5, 5.41) is 0. The monoisotopic (exact) mass is 274 g/mol. The summed E-state index contributed by atoms with van der Waals surface area (Å²) in [5.41, 5.74) is 12.3. The van der Waals surface area contributed by atoms with Gasteiger partial charge in [0.1, 0.15) is 0 Å². The SMILES string of the molecule is COc1cc([C@@H](N)CCN)ccc1OC(C)=O.Cl. The fraction of sp³-hybridized carbons (Fsp3) is 0.417. The summed E-state index contributed by atoms with van der Waals surface area (Å²) in [4.78, 5) is 10.9. The number of carbonyl (C=O) groups is 1. The average molecular weight is 275 g/mol. The van der Waals surface area contributed by atoms with E-state index >= 15 is 0 Å². The second kappa shape index (κ2) is 7.92. The lowest BCUT2D eigenvalue weighted by molar-refractivity contribution is -0.132. The first kappa shape index (κ1) is 16.7. The summed E-state index contributed by atoms with van der Waals surface area (Å²) in [6.07, 6.45) is 0.691. The Kier molecular flexibility index (Phi) is 7.35. The molecule has 0 aliphatic carbocycles. The first-order chi connectivity index (χ1) is 8.08. The fourth-order valence-electron chi connectivity index (χ4n) is 1.50. The predicted octanol–water partition coefficient (Wildman–Crippen LogP) is 1.39. The van der Waals surface area contributed by atoms with Crippen LogP contribution in [0.5, 0.6) is 11.5 Å². The van der Waals surface area contributed by atoms with Crippen molar-refractivity contribution in [3.8, 4) is 11.5 Å². The van der Waals surface area contributed by atoms with E-state index in [1.165, 1.54) is 14.0 Å². The molecule has 1 aromatic carbocycles. The highest BCUT2D eigenvalue weighted by molar-refractivity contribution is 5.85. The molecule has 1 aromatic rings. The van der Waals surface area contributed by atoms with Crippen LogP contribution in [0, 0.1) is 0 Å². The third-order valence-electron chi connectivity index (χ3n) is 2.35. The van der Waals surface area contributed by atoms with Crippen molar-refractivity contribution in [1.82, 2.24) is 0 Å². The van der Waals surface area contributed by atoms with Crippen molar-refractivity contribution in [3.05, 3.63) is 23.8 Å². The molecule has 0 saturated heterocycles. The molecule has 0 aromatic heterocycles. The third-order valence-corrected chi connectivity index (χ3v) is 2.35. The second-order valence-corrected chi connectivity index (χ2v) is 3.69. The van der Waals surface area contributed by atoms with Crippen LogP contribution in [0.1, 0.15) is 24.9 Å². The minimum Gasteiger partial charge on any atom is -0.493 e. The van der Waals surface area contributed by atoms with Crippen LogP contribution < -0.4 is 20.9 Å². The summed E-state index contributed by atoms with van der Waals surface area (Å²) in [6.45, 7) is 1.86. The van der Waals surface area contributed by atoms with Crippen LogP contribution in [-0.2, 0) is 4.79 Å². The van der Waals surface area contributed by atoms with Crippen molar-refractivity contribution in [2.45, 2.75) is 19.4 Å². The van der Waals surface area contributed by atoms with Crippen LogP contribution in [0.2, 0.25) is 0 Å². The Hall–Kier alpha value is -1.30. The van der Waals surface area contributed by atoms with Gasteiger partial charge in [0.2, 0.25) is 0 Å². The van der Waals surface area contributed by atoms with E-state index in [0.29, 0.717) is 24.5 Å². The highest BCUT2D eigenvalue weighted by atomic mass is 35.5. The number of hydrogen-bond acceptors (Lipinski definition) is 5. The number of halogens is 1. The van der Waals surface area contributed by atoms with Crippen LogP contribution >= 0.6 is 12.4 Å². The van der Waals surface area contributed by atoms with E-state index in [9.17, 15) is 4.79 Å². The summed E-state index contributed by atoms with van der Waals surface area (Å²) in [5.74, 6) is 0.496. The Morgan fingerprint density at radius 2 is 2.06 bits per heavy atom. The minimum atomic E-state index is -0.387. The van der Waals surface area contributed by atoms with Crippen LogP contribution in [0.25, 0.3) is 0 Å². The van der Waals surface area contributed by atoms with Gasteiger partial charge in [-0.25, -0.2) is 0 Å². The third kappa shape index (κ3) is 4.52. The zero-order chi connectivity index (χ0) is 12.8. The topological polar surface area (TPSA) is 87.6 Å². The Balaban J connectivity index is 0.00000289. The number of ether oxygens (including phenoxy) is 2. The van der Waals surface area contributed by atoms with Gasteiger partial charge in [-0.2, -0.15) is 0 Å². The molecule has 0 amide bonds. The van der Waals surface area contributed by atoms with E-state index in [-0.39, 0.29) is 24.4 Å². The average Bonchev–Trinajstić information content (AvgIpc) is 2.29. The smallest absolute Gasteiger partial charge is 0.308 e. The maximum Gasteiger partial charge on any atom is 0.308 e. The molecule has 5 nitrogen and oxygen atoms in total. The Labute approximate surface area is 113 Å². The molecule has 0 saturated carbocycles. The van der Waals surface area contributed by atoms with E-state index in [1.54, 1.807) is 18.2 Å². The molecule has 0 bridgehead atoms. The molecule has 4 N–H and O–H groups in total. The fourth-order valence-corrected chi connectivity index (χ4v) is 1.50. The molecule has 102 valence electrons. The van der Waals surface area contributed by atoms with Gasteiger partial charge in [-0.1, -0.05) is 6.07 Å². The summed E-state index contributed by atoms with van der Waals surface area (Å²) in [6, 6.07) is 5.10. The van der Waals surface area contributed by atoms with Gasteiger partial charge >= 0.3 is 5.97 Å². The van der Waals surface area contributed by atoms with Crippen LogP contribution in [0.4, 0.5) is 0 Å². The van der Waals surface area contributed by atoms with Crippen molar-refractivity contribution < 1.29 is 14.3 Å². The molecule has 0 aliphatic rings. The van der Waals surface area contributed by atoms with Crippen molar-refractivity contribution in [1.29, 1.82) is 0 Å². The maximum absolute atomic E-state index is 10.9. The van der Waals surface area contributed by atoms with Crippen molar-refractivity contribution >= 4 is 18.4 Å². The molecule has 0 heterocycles. The normalized spacial score (nSPS) is 11.3. The Morgan fingerprint density at radius 1 is 1.39 bits per heavy atom. The van der Waals surface area contributed by atoms with Crippen molar-refractivity contribution in [3.63, 3.8) is 0 Å². The van der Waals surface area contributed by atoms with Gasteiger partial charge in [0, 0.05) is 13.0 Å². The lowest BCUT2D eigenvalue weighted by atomic mass is 10.0. The molecule has 1 atom stereocenters. The second-order valence-electron chi connectivity index (χ2n) is 3.69. The highest BCUT2D eigenvalue weighted by Crippen LogP contribution is 2.30. The van der Waals surface area contributed by atoms with Gasteiger partial charge in [0.05, 0.1) is 7.11 Å². The molecule has 0 radical (unpaired) electrons. The lowest BCUT2D eigenvalue weighted by Crippen LogP contribution is -2.15. The van der Waals surface area contributed by atoms with E-state index in [2.05, 4.69) is 0 Å². The molecular weight excluding hydrogens is 256 g/mol. The van der Waals surface area contributed by atoms with E-state index < -0.39 is 0 Å². The van der Waals surface area contributed by atoms with Gasteiger partial charge in [0.25, 0.3) is 0 Å². The Bertz CT molecular complexity index is 399. The number of esters is 1. The van der Waals surface area contributed by atoms with E-state index in [4.69, 9.17) is 20.9 Å². The molecule has 0 fully saturated rings. The first-order valence-electron chi connectivity index (χ1n) is 5.40. The quantitative estimate of drug-likeness (QED) is 0.626. The highest BCUT2D eigenvalue weighted by Gasteiger charge is 2.11. The van der Waals surface area contributed by atoms with Crippen molar-refractivity contribution in [2.24, 2.45) is 11.5 Å². The number of methoxy groups -OCH3 is 1. The molecule has 1 rings (SSSR count). The molecule has 18 heavy (non-hydrogen) atoms. The molecular formula is C12H19ClN2O3. The minimum absolute atomic E-state index is 0. The van der Waals surface area contributed by atoms with Crippen LogP contribution in [0.3, 0.4) is 0 Å². The molecule has 6 heteroatoms.